The Bertz CT molecular complexity index is 1040. The van der Waals surface area contributed by atoms with Crippen molar-refractivity contribution in [2.75, 3.05) is 33.4 Å². The maximum absolute atomic E-state index is 12.6. The normalized spacial score (nSPS) is 14.0. The summed E-state index contributed by atoms with van der Waals surface area (Å²) in [5.74, 6) is -0.848. The molecule has 0 radical (unpaired) electrons. The van der Waals surface area contributed by atoms with Gasteiger partial charge in [-0.25, -0.2) is 4.57 Å². The third-order valence-corrected chi connectivity index (χ3v) is 9.11. The number of esters is 2. The van der Waals surface area contributed by atoms with Crippen LogP contribution in [0.3, 0.4) is 0 Å². The first kappa shape index (κ1) is 49.7. The monoisotopic (exact) mass is 752 g/mol. The van der Waals surface area contributed by atoms with Crippen LogP contribution in [-0.4, -0.2) is 56.3 Å². The number of rotatable bonds is 37. The van der Waals surface area contributed by atoms with Gasteiger partial charge in [-0.3, -0.25) is 18.6 Å². The number of nitrogens with one attached hydrogen (secondary N) is 1. The summed E-state index contributed by atoms with van der Waals surface area (Å²) in [6.07, 6.45) is 42.6. The molecule has 0 amide bonds. The number of likely N-dealkylation sites (N-methyl/N-ethyl adjacent to an activating group) is 1. The van der Waals surface area contributed by atoms with Crippen LogP contribution >= 0.6 is 7.82 Å². The predicted octanol–water partition coefficient (Wildman–Crippen LogP) is 11.2. The molecule has 0 saturated heterocycles. The van der Waals surface area contributed by atoms with Gasteiger partial charge in [0, 0.05) is 19.4 Å². The Kier molecular flexibility index (Phi) is 36.7. The van der Waals surface area contributed by atoms with Gasteiger partial charge in [0.25, 0.3) is 0 Å². The van der Waals surface area contributed by atoms with Crippen LogP contribution in [0.5, 0.6) is 0 Å². The van der Waals surface area contributed by atoms with E-state index in [0.717, 1.165) is 89.9 Å². The van der Waals surface area contributed by atoms with Crippen LogP contribution in [0.4, 0.5) is 0 Å². The largest absolute Gasteiger partial charge is 0.472 e. The van der Waals surface area contributed by atoms with Crippen LogP contribution in [0.1, 0.15) is 155 Å². The highest BCUT2D eigenvalue weighted by atomic mass is 31.2. The summed E-state index contributed by atoms with van der Waals surface area (Å²) in [6.45, 7) is 4.03. The Morgan fingerprint density at radius 2 is 1.10 bits per heavy atom. The second-order valence-corrected chi connectivity index (χ2v) is 14.5. The molecule has 0 aromatic rings. The zero-order chi connectivity index (χ0) is 38.2. The minimum absolute atomic E-state index is 0.0257. The Hall–Kier alpha value is -2.29. The minimum Gasteiger partial charge on any atom is -0.462 e. The number of hydrogen-bond donors (Lipinski definition) is 2. The molecular formula is C42H74NO8P. The molecule has 2 atom stereocenters. The maximum Gasteiger partial charge on any atom is 0.472 e. The molecule has 0 saturated carbocycles. The van der Waals surface area contributed by atoms with E-state index in [9.17, 15) is 19.0 Å². The van der Waals surface area contributed by atoms with E-state index in [-0.39, 0.29) is 26.1 Å². The van der Waals surface area contributed by atoms with E-state index in [1.807, 2.05) is 0 Å². The van der Waals surface area contributed by atoms with Crippen LogP contribution in [0, 0.1) is 0 Å². The number of unbranched alkanes of at least 4 members (excludes halogenated alkanes) is 13. The lowest BCUT2D eigenvalue weighted by Gasteiger charge is -2.20. The van der Waals surface area contributed by atoms with E-state index in [1.165, 1.54) is 25.7 Å². The highest BCUT2D eigenvalue weighted by Crippen LogP contribution is 2.43. The SMILES string of the molecule is CC/C=C\C/C=C\C/C=C\CCCCCCCC(=O)OC(COC(=O)CCCCCCC/C=C\C/C=C\CCCCC)COP(=O)(O)OCCNC. The van der Waals surface area contributed by atoms with Gasteiger partial charge < -0.3 is 19.7 Å². The first-order valence-electron chi connectivity index (χ1n) is 20.2. The van der Waals surface area contributed by atoms with E-state index < -0.39 is 32.5 Å². The molecule has 0 bridgehead atoms. The van der Waals surface area contributed by atoms with E-state index in [0.29, 0.717) is 19.4 Å². The topological polar surface area (TPSA) is 120 Å². The van der Waals surface area contributed by atoms with E-state index in [2.05, 4.69) is 79.9 Å². The molecule has 0 aliphatic rings. The van der Waals surface area contributed by atoms with E-state index >= 15 is 0 Å². The van der Waals surface area contributed by atoms with Crippen molar-refractivity contribution in [1.82, 2.24) is 5.32 Å². The van der Waals surface area contributed by atoms with E-state index in [4.69, 9.17) is 18.5 Å². The second-order valence-electron chi connectivity index (χ2n) is 13.1. The fourth-order valence-electron chi connectivity index (χ4n) is 5.07. The van der Waals surface area contributed by atoms with Crippen LogP contribution in [0.25, 0.3) is 0 Å². The highest BCUT2D eigenvalue weighted by molar-refractivity contribution is 7.47. The number of phosphoric ester groups is 1. The molecule has 0 aromatic carbocycles. The van der Waals surface area contributed by atoms with Gasteiger partial charge in [-0.1, -0.05) is 126 Å². The zero-order valence-electron chi connectivity index (χ0n) is 33.0. The number of ether oxygens (including phenoxy) is 2. The molecule has 0 aromatic heterocycles. The molecule has 0 aliphatic heterocycles. The first-order valence-corrected chi connectivity index (χ1v) is 21.7. The predicted molar refractivity (Wildman–Crippen MR) is 215 cm³/mol. The average molecular weight is 752 g/mol. The standard InChI is InChI=1S/C42H74NO8P/c1-4-6-8-10-12-14-16-18-20-22-24-26-28-30-32-34-41(44)48-38-40(39-50-52(46,47)49-37-36-43-3)51-42(45)35-33-31-29-27-25-23-21-19-17-15-13-11-9-7-5-2/h7,9,12-15,18-21,40,43H,4-6,8,10-11,16-17,22-39H2,1-3H3,(H,46,47)/b9-7-,14-12-,15-13-,20-18-,21-19-. The first-order chi connectivity index (χ1) is 25.3. The molecule has 52 heavy (non-hydrogen) atoms. The van der Waals surface area contributed by atoms with Crippen molar-refractivity contribution in [1.29, 1.82) is 0 Å². The lowest BCUT2D eigenvalue weighted by Crippen LogP contribution is -2.29. The molecule has 0 rings (SSSR count). The summed E-state index contributed by atoms with van der Waals surface area (Å²) in [6, 6.07) is 0. The molecule has 2 unspecified atom stereocenters. The van der Waals surface area contributed by atoms with Crippen LogP contribution < -0.4 is 5.32 Å². The molecule has 0 aliphatic carbocycles. The molecule has 9 nitrogen and oxygen atoms in total. The van der Waals surface area contributed by atoms with Crippen molar-refractivity contribution >= 4 is 19.8 Å². The Labute approximate surface area is 317 Å². The fraction of sp³-hybridized carbons (Fsp3) is 0.714. The van der Waals surface area contributed by atoms with Gasteiger partial charge in [-0.2, -0.15) is 0 Å². The van der Waals surface area contributed by atoms with Crippen LogP contribution in [-0.2, 0) is 32.7 Å². The molecule has 2 N–H and O–H groups in total. The summed E-state index contributed by atoms with van der Waals surface area (Å²) in [7, 11) is -2.66. The number of phosphoric acid groups is 1. The van der Waals surface area contributed by atoms with Gasteiger partial charge in [0.2, 0.25) is 0 Å². The summed E-state index contributed by atoms with van der Waals surface area (Å²) < 4.78 is 33.1. The highest BCUT2D eigenvalue weighted by Gasteiger charge is 2.26. The zero-order valence-corrected chi connectivity index (χ0v) is 33.9. The van der Waals surface area contributed by atoms with Crippen LogP contribution in [0.2, 0.25) is 0 Å². The number of hydrogen-bond acceptors (Lipinski definition) is 8. The summed E-state index contributed by atoms with van der Waals surface area (Å²) in [5.41, 5.74) is 0. The molecule has 0 fully saturated rings. The molecule has 0 heterocycles. The molecule has 10 heteroatoms. The van der Waals surface area contributed by atoms with Crippen molar-refractivity contribution < 1.29 is 37.6 Å². The number of allylic oxidation sites excluding steroid dienone is 10. The van der Waals surface area contributed by atoms with Gasteiger partial charge in [-0.05, 0) is 84.1 Å². The van der Waals surface area contributed by atoms with Gasteiger partial charge in [0.05, 0.1) is 13.2 Å². The second kappa shape index (κ2) is 38.4. The molecular weight excluding hydrogens is 677 g/mol. The van der Waals surface area contributed by atoms with Gasteiger partial charge in [-0.15, -0.1) is 0 Å². The fourth-order valence-corrected chi connectivity index (χ4v) is 5.82. The summed E-state index contributed by atoms with van der Waals surface area (Å²) >= 11 is 0. The lowest BCUT2D eigenvalue weighted by molar-refractivity contribution is -0.161. The number of carbonyl (C=O) groups excluding carboxylic acids is 2. The minimum atomic E-state index is -4.36. The lowest BCUT2D eigenvalue weighted by atomic mass is 10.1. The van der Waals surface area contributed by atoms with Gasteiger partial charge >= 0.3 is 19.8 Å². The Balaban J connectivity index is 4.33. The average Bonchev–Trinajstić information content (AvgIpc) is 3.12. The maximum atomic E-state index is 12.6. The molecule has 300 valence electrons. The Morgan fingerprint density at radius 3 is 1.63 bits per heavy atom. The van der Waals surface area contributed by atoms with Crippen molar-refractivity contribution in [2.24, 2.45) is 0 Å². The summed E-state index contributed by atoms with van der Waals surface area (Å²) in [4.78, 5) is 35.0. The van der Waals surface area contributed by atoms with Crippen molar-refractivity contribution in [3.8, 4) is 0 Å². The Morgan fingerprint density at radius 1 is 0.615 bits per heavy atom. The molecule has 0 spiro atoms. The summed E-state index contributed by atoms with van der Waals surface area (Å²) in [5, 5.41) is 2.81. The number of carbonyl (C=O) groups is 2. The van der Waals surface area contributed by atoms with Crippen molar-refractivity contribution in [3.05, 3.63) is 60.8 Å². The van der Waals surface area contributed by atoms with Gasteiger partial charge in [0.1, 0.15) is 6.61 Å². The quantitative estimate of drug-likeness (QED) is 0.0276. The van der Waals surface area contributed by atoms with E-state index in [1.54, 1.807) is 7.05 Å². The smallest absolute Gasteiger partial charge is 0.462 e. The van der Waals surface area contributed by atoms with Gasteiger partial charge in [0.15, 0.2) is 6.10 Å². The van der Waals surface area contributed by atoms with Crippen molar-refractivity contribution in [3.63, 3.8) is 0 Å². The van der Waals surface area contributed by atoms with Crippen molar-refractivity contribution in [2.45, 2.75) is 161 Å². The third kappa shape index (κ3) is 37.5. The van der Waals surface area contributed by atoms with Crippen LogP contribution in [0.15, 0.2) is 60.8 Å². The third-order valence-electron chi connectivity index (χ3n) is 8.12.